The number of hydrogen-bond acceptors (Lipinski definition) is 4. The molecule has 0 saturated carbocycles. The van der Waals surface area contributed by atoms with E-state index in [1.807, 2.05) is 18.2 Å². The fourth-order valence-electron chi connectivity index (χ4n) is 2.77. The van der Waals surface area contributed by atoms with Gasteiger partial charge in [0.15, 0.2) is 5.76 Å². The van der Waals surface area contributed by atoms with Gasteiger partial charge in [0, 0.05) is 16.7 Å². The maximum Gasteiger partial charge on any atom is 0.154 e. The van der Waals surface area contributed by atoms with Crippen molar-refractivity contribution in [2.24, 2.45) is 0 Å². The van der Waals surface area contributed by atoms with Gasteiger partial charge < -0.3 is 9.73 Å². The van der Waals surface area contributed by atoms with Gasteiger partial charge in [-0.25, -0.2) is 4.98 Å². The number of rotatable bonds is 2. The Morgan fingerprint density at radius 2 is 2.00 bits per heavy atom. The number of piperidine rings is 1. The molecule has 2 aromatic heterocycles. The van der Waals surface area contributed by atoms with Crippen LogP contribution in [0, 0.1) is 0 Å². The van der Waals surface area contributed by atoms with Crippen LogP contribution < -0.4 is 5.32 Å². The number of fused-ring (bicyclic) bond motifs is 1. The van der Waals surface area contributed by atoms with Gasteiger partial charge in [-0.2, -0.15) is 0 Å². The van der Waals surface area contributed by atoms with E-state index in [4.69, 9.17) is 9.40 Å². The van der Waals surface area contributed by atoms with E-state index in [2.05, 4.69) is 22.8 Å². The number of benzene rings is 1. The molecule has 0 amide bonds. The Bertz CT molecular complexity index is 698. The molecular formula is C16H17ClN2OS. The van der Waals surface area contributed by atoms with Crippen LogP contribution in [0.1, 0.15) is 23.8 Å². The van der Waals surface area contributed by atoms with Crippen molar-refractivity contribution >= 4 is 34.7 Å². The van der Waals surface area contributed by atoms with Crippen LogP contribution >= 0.6 is 23.7 Å². The summed E-state index contributed by atoms with van der Waals surface area (Å²) in [5.74, 6) is 1.49. The smallest absolute Gasteiger partial charge is 0.154 e. The second-order valence-electron chi connectivity index (χ2n) is 5.24. The quantitative estimate of drug-likeness (QED) is 0.758. The molecule has 3 nitrogen and oxygen atoms in total. The van der Waals surface area contributed by atoms with Crippen LogP contribution in [0.2, 0.25) is 0 Å². The Hall–Kier alpha value is -1.36. The van der Waals surface area contributed by atoms with Gasteiger partial charge in [-0.1, -0.05) is 18.2 Å². The summed E-state index contributed by atoms with van der Waals surface area (Å²) >= 11 is 1.76. The van der Waals surface area contributed by atoms with Crippen molar-refractivity contribution in [1.82, 2.24) is 10.3 Å². The van der Waals surface area contributed by atoms with Gasteiger partial charge in [0.05, 0.1) is 5.01 Å². The number of para-hydroxylation sites is 1. The highest BCUT2D eigenvalue weighted by Gasteiger charge is 2.19. The number of hydrogen-bond donors (Lipinski definition) is 1. The number of nitrogens with zero attached hydrogens (tertiary/aromatic N) is 1. The van der Waals surface area contributed by atoms with E-state index in [0.717, 1.165) is 35.5 Å². The summed E-state index contributed by atoms with van der Waals surface area (Å²) in [7, 11) is 0. The molecule has 3 aromatic rings. The summed E-state index contributed by atoms with van der Waals surface area (Å²) in [5, 5.41) is 7.91. The van der Waals surface area contributed by atoms with Crippen molar-refractivity contribution in [2.75, 3.05) is 13.1 Å². The molecule has 1 saturated heterocycles. The molecule has 0 aliphatic carbocycles. The lowest BCUT2D eigenvalue weighted by atomic mass is 9.99. The number of nitrogens with one attached hydrogen (secondary N) is 1. The third-order valence-corrected chi connectivity index (χ3v) is 4.90. The van der Waals surface area contributed by atoms with E-state index in [9.17, 15) is 0 Å². The van der Waals surface area contributed by atoms with Crippen molar-refractivity contribution in [3.05, 3.63) is 40.7 Å². The van der Waals surface area contributed by atoms with E-state index in [1.165, 1.54) is 17.8 Å². The lowest BCUT2D eigenvalue weighted by Gasteiger charge is -2.20. The third-order valence-electron chi connectivity index (χ3n) is 3.89. The van der Waals surface area contributed by atoms with Gasteiger partial charge in [-0.15, -0.1) is 23.7 Å². The summed E-state index contributed by atoms with van der Waals surface area (Å²) in [5.41, 5.74) is 1.90. The molecule has 5 heteroatoms. The molecule has 4 rings (SSSR count). The highest BCUT2D eigenvalue weighted by atomic mass is 35.5. The van der Waals surface area contributed by atoms with E-state index in [-0.39, 0.29) is 12.4 Å². The third kappa shape index (κ3) is 2.84. The average Bonchev–Trinajstić information content (AvgIpc) is 3.14. The molecular weight excluding hydrogens is 304 g/mol. The monoisotopic (exact) mass is 320 g/mol. The van der Waals surface area contributed by atoms with Crippen LogP contribution in [0.3, 0.4) is 0 Å². The first-order valence-corrected chi connectivity index (χ1v) is 7.93. The van der Waals surface area contributed by atoms with Crippen molar-refractivity contribution in [2.45, 2.75) is 18.8 Å². The van der Waals surface area contributed by atoms with Gasteiger partial charge in [0.25, 0.3) is 0 Å². The SMILES string of the molecule is Cl.c1ccc2oc(-c3csc(C4CCNCC4)n3)cc2c1. The first-order valence-electron chi connectivity index (χ1n) is 7.05. The minimum Gasteiger partial charge on any atom is -0.454 e. The molecule has 21 heavy (non-hydrogen) atoms. The number of aromatic nitrogens is 1. The maximum atomic E-state index is 5.89. The van der Waals surface area contributed by atoms with E-state index >= 15 is 0 Å². The lowest BCUT2D eigenvalue weighted by molar-refractivity contribution is 0.459. The molecule has 0 unspecified atom stereocenters. The zero-order valence-corrected chi connectivity index (χ0v) is 13.2. The molecule has 110 valence electrons. The minimum absolute atomic E-state index is 0. The fourth-order valence-corrected chi connectivity index (χ4v) is 3.75. The Morgan fingerprint density at radius 1 is 1.19 bits per heavy atom. The second kappa shape index (κ2) is 6.18. The minimum atomic E-state index is 0. The van der Waals surface area contributed by atoms with Crippen LogP contribution in [-0.4, -0.2) is 18.1 Å². The normalized spacial score (nSPS) is 16.0. The summed E-state index contributed by atoms with van der Waals surface area (Å²) < 4.78 is 5.89. The maximum absolute atomic E-state index is 5.89. The van der Waals surface area contributed by atoms with Crippen LogP contribution in [0.15, 0.2) is 40.1 Å². The first-order chi connectivity index (χ1) is 9.90. The first kappa shape index (κ1) is 14.6. The lowest BCUT2D eigenvalue weighted by Crippen LogP contribution is -2.26. The molecule has 1 aromatic carbocycles. The zero-order valence-electron chi connectivity index (χ0n) is 11.5. The predicted molar refractivity (Wildman–Crippen MR) is 89.4 cm³/mol. The van der Waals surface area contributed by atoms with E-state index in [1.54, 1.807) is 11.3 Å². The largest absolute Gasteiger partial charge is 0.454 e. The predicted octanol–water partition coefficient (Wildman–Crippen LogP) is 4.45. The summed E-state index contributed by atoms with van der Waals surface area (Å²) in [6.45, 7) is 2.20. The van der Waals surface area contributed by atoms with Crippen LogP contribution in [-0.2, 0) is 0 Å². The van der Waals surface area contributed by atoms with Gasteiger partial charge in [0.2, 0.25) is 0 Å². The summed E-state index contributed by atoms with van der Waals surface area (Å²) in [6, 6.07) is 10.2. The van der Waals surface area contributed by atoms with Crippen molar-refractivity contribution in [1.29, 1.82) is 0 Å². The number of halogens is 1. The Morgan fingerprint density at radius 3 is 2.81 bits per heavy atom. The molecule has 1 aliphatic rings. The molecule has 3 heterocycles. The van der Waals surface area contributed by atoms with Gasteiger partial charge in [0.1, 0.15) is 11.3 Å². The van der Waals surface area contributed by atoms with Crippen molar-refractivity contribution in [3.8, 4) is 11.5 Å². The number of furan rings is 1. The Balaban J connectivity index is 0.00000132. The fraction of sp³-hybridized carbons (Fsp3) is 0.312. The molecule has 0 bridgehead atoms. The van der Waals surface area contributed by atoms with E-state index in [0.29, 0.717) is 5.92 Å². The highest BCUT2D eigenvalue weighted by Crippen LogP contribution is 2.33. The van der Waals surface area contributed by atoms with Gasteiger partial charge in [-0.3, -0.25) is 0 Å². The Labute approximate surface area is 133 Å². The van der Waals surface area contributed by atoms with Crippen LogP contribution in [0.5, 0.6) is 0 Å². The Kier molecular flexibility index (Phi) is 4.29. The molecule has 1 aliphatic heterocycles. The highest BCUT2D eigenvalue weighted by molar-refractivity contribution is 7.10. The standard InChI is InChI=1S/C16H16N2OS.ClH/c1-2-4-14-12(3-1)9-15(19-14)13-10-20-16(18-13)11-5-7-17-8-6-11;/h1-4,9-11,17H,5-8H2;1H. The van der Waals surface area contributed by atoms with Gasteiger partial charge >= 0.3 is 0 Å². The molecule has 1 fully saturated rings. The van der Waals surface area contributed by atoms with Crippen molar-refractivity contribution in [3.63, 3.8) is 0 Å². The molecule has 0 atom stereocenters. The molecule has 1 N–H and O–H groups in total. The van der Waals surface area contributed by atoms with Crippen LogP contribution in [0.4, 0.5) is 0 Å². The zero-order chi connectivity index (χ0) is 13.4. The average molecular weight is 321 g/mol. The van der Waals surface area contributed by atoms with E-state index < -0.39 is 0 Å². The molecule has 0 spiro atoms. The van der Waals surface area contributed by atoms with Crippen LogP contribution in [0.25, 0.3) is 22.4 Å². The topological polar surface area (TPSA) is 38.1 Å². The van der Waals surface area contributed by atoms with Crippen molar-refractivity contribution < 1.29 is 4.42 Å². The second-order valence-corrected chi connectivity index (χ2v) is 6.13. The number of thiazole rings is 1. The summed E-state index contributed by atoms with van der Waals surface area (Å²) in [6.07, 6.45) is 2.38. The summed E-state index contributed by atoms with van der Waals surface area (Å²) in [4.78, 5) is 4.80. The molecule has 0 radical (unpaired) electrons. The van der Waals surface area contributed by atoms with Gasteiger partial charge in [-0.05, 0) is 38.1 Å².